The molecule has 0 bridgehead atoms. The van der Waals surface area contributed by atoms with Gasteiger partial charge in [0.2, 0.25) is 0 Å². The summed E-state index contributed by atoms with van der Waals surface area (Å²) < 4.78 is 5.91. The fourth-order valence-electron chi connectivity index (χ4n) is 5.00. The van der Waals surface area contributed by atoms with Gasteiger partial charge in [0.15, 0.2) is 0 Å². The fraction of sp³-hybridized carbons (Fsp3) is 0.455. The van der Waals surface area contributed by atoms with E-state index >= 15 is 0 Å². The van der Waals surface area contributed by atoms with Crippen molar-refractivity contribution in [2.24, 2.45) is 10.7 Å². The summed E-state index contributed by atoms with van der Waals surface area (Å²) in [5.74, 6) is -0.0851. The molecule has 0 spiro atoms. The van der Waals surface area contributed by atoms with E-state index in [1.165, 1.54) is 5.56 Å². The van der Waals surface area contributed by atoms with E-state index in [-0.39, 0.29) is 24.2 Å². The quantitative estimate of drug-likeness (QED) is 0.250. The first-order valence-electron chi connectivity index (χ1n) is 14.6. The van der Waals surface area contributed by atoms with Crippen molar-refractivity contribution >= 4 is 23.4 Å². The summed E-state index contributed by atoms with van der Waals surface area (Å²) in [6.45, 7) is 14.0. The normalized spacial score (nSPS) is 25.0. The Morgan fingerprint density at radius 1 is 1.22 bits per heavy atom. The summed E-state index contributed by atoms with van der Waals surface area (Å²) in [7, 11) is 0. The Hall–Kier alpha value is -3.07. The van der Waals surface area contributed by atoms with E-state index in [1.807, 2.05) is 48.7 Å². The van der Waals surface area contributed by atoms with Gasteiger partial charge in [-0.3, -0.25) is 9.79 Å². The van der Waals surface area contributed by atoms with Gasteiger partial charge >= 0.3 is 0 Å². The minimum atomic E-state index is -0.148. The molecule has 0 aliphatic carbocycles. The molecule has 5 N–H and O–H groups in total. The van der Waals surface area contributed by atoms with Crippen molar-refractivity contribution in [1.29, 1.82) is 0 Å². The molecule has 0 saturated carbocycles. The SMILES string of the molecule is Cc1cc(C(=O)NCC2=CC3N=C(/C(N)=C/C=C\C4CCC(C)OC(C)CN4)C=CC3=CN2)cc(SC(C)C)c1C. The van der Waals surface area contributed by atoms with Crippen molar-refractivity contribution in [3.05, 3.63) is 88.4 Å². The monoisotopic (exact) mass is 575 g/mol. The number of allylic oxidation sites excluding steroid dienone is 3. The molecule has 1 aromatic carbocycles. The molecule has 4 atom stereocenters. The summed E-state index contributed by atoms with van der Waals surface area (Å²) in [4.78, 5) is 19.1. The third-order valence-corrected chi connectivity index (χ3v) is 8.60. The third-order valence-electron chi connectivity index (χ3n) is 7.45. The highest BCUT2D eigenvalue weighted by Gasteiger charge is 2.20. The van der Waals surface area contributed by atoms with Crippen LogP contribution >= 0.6 is 11.8 Å². The number of carbonyl (C=O) groups is 1. The highest BCUT2D eigenvalue weighted by molar-refractivity contribution is 8.00. The van der Waals surface area contributed by atoms with E-state index in [4.69, 9.17) is 15.5 Å². The average Bonchev–Trinajstić information content (AvgIpc) is 2.93. The van der Waals surface area contributed by atoms with Crippen LogP contribution in [0.15, 0.2) is 81.6 Å². The van der Waals surface area contributed by atoms with Gasteiger partial charge in [-0.05, 0) is 87.6 Å². The number of rotatable bonds is 8. The molecule has 3 aliphatic heterocycles. The van der Waals surface area contributed by atoms with E-state index in [0.29, 0.717) is 29.1 Å². The van der Waals surface area contributed by atoms with E-state index in [0.717, 1.165) is 46.8 Å². The Balaban J connectivity index is 1.37. The maximum absolute atomic E-state index is 13.0. The van der Waals surface area contributed by atoms with Crippen LogP contribution < -0.4 is 21.7 Å². The van der Waals surface area contributed by atoms with Gasteiger partial charge in [0.05, 0.1) is 36.2 Å². The van der Waals surface area contributed by atoms with Gasteiger partial charge in [0.25, 0.3) is 5.91 Å². The summed E-state index contributed by atoms with van der Waals surface area (Å²) >= 11 is 1.79. The Morgan fingerprint density at radius 2 is 2.02 bits per heavy atom. The number of benzene rings is 1. The van der Waals surface area contributed by atoms with Crippen LogP contribution in [0, 0.1) is 13.8 Å². The lowest BCUT2D eigenvalue weighted by atomic mass is 9.99. The Kier molecular flexibility index (Phi) is 10.7. The van der Waals surface area contributed by atoms with Crippen molar-refractivity contribution in [1.82, 2.24) is 16.0 Å². The number of thioether (sulfide) groups is 1. The largest absolute Gasteiger partial charge is 0.397 e. The number of nitrogens with zero attached hydrogens (tertiary/aromatic N) is 1. The summed E-state index contributed by atoms with van der Waals surface area (Å²) in [5.41, 5.74) is 12.8. The molecule has 3 aliphatic rings. The van der Waals surface area contributed by atoms with Crippen molar-refractivity contribution in [3.8, 4) is 0 Å². The van der Waals surface area contributed by atoms with Crippen molar-refractivity contribution in [3.63, 3.8) is 0 Å². The van der Waals surface area contributed by atoms with Gasteiger partial charge in [-0.15, -0.1) is 11.8 Å². The summed E-state index contributed by atoms with van der Waals surface area (Å²) in [6.07, 6.45) is 16.6. The number of ether oxygens (including phenoxy) is 1. The van der Waals surface area contributed by atoms with Crippen LogP contribution in [0.5, 0.6) is 0 Å². The van der Waals surface area contributed by atoms with E-state index in [1.54, 1.807) is 11.8 Å². The first-order chi connectivity index (χ1) is 19.6. The number of hydrogen-bond donors (Lipinski definition) is 4. The van der Waals surface area contributed by atoms with Gasteiger partial charge in [-0.25, -0.2) is 0 Å². The molecule has 0 radical (unpaired) electrons. The summed E-state index contributed by atoms with van der Waals surface area (Å²) in [6, 6.07) is 4.10. The highest BCUT2D eigenvalue weighted by atomic mass is 32.2. The minimum Gasteiger partial charge on any atom is -0.397 e. The molecule has 7 nitrogen and oxygen atoms in total. The number of dihydropyridines is 2. The molecule has 1 aromatic rings. The number of aliphatic imine (C=N–C) groups is 1. The van der Waals surface area contributed by atoms with E-state index < -0.39 is 0 Å². The topological polar surface area (TPSA) is 101 Å². The molecule has 8 heteroatoms. The molecule has 4 rings (SSSR count). The molecule has 220 valence electrons. The Bertz CT molecular complexity index is 1290. The lowest BCUT2D eigenvalue weighted by molar-refractivity contribution is -0.00571. The van der Waals surface area contributed by atoms with Gasteiger partial charge in [0, 0.05) is 40.2 Å². The lowest BCUT2D eigenvalue weighted by Gasteiger charge is -2.27. The number of fused-ring (bicyclic) bond motifs is 1. The molecule has 4 unspecified atom stereocenters. The van der Waals surface area contributed by atoms with Gasteiger partial charge in [0.1, 0.15) is 0 Å². The zero-order valence-electron chi connectivity index (χ0n) is 25.2. The molecule has 0 aromatic heterocycles. The Labute approximate surface area is 249 Å². The van der Waals surface area contributed by atoms with Crippen LogP contribution in [0.1, 0.15) is 62.0 Å². The maximum Gasteiger partial charge on any atom is 0.251 e. The minimum absolute atomic E-state index is 0.0851. The van der Waals surface area contributed by atoms with Crippen LogP contribution in [0.4, 0.5) is 0 Å². The predicted molar refractivity (Wildman–Crippen MR) is 171 cm³/mol. The first kappa shape index (κ1) is 30.9. The summed E-state index contributed by atoms with van der Waals surface area (Å²) in [5, 5.41) is 10.4. The maximum atomic E-state index is 13.0. The molecule has 3 heterocycles. The Morgan fingerprint density at radius 3 is 2.80 bits per heavy atom. The molecular formula is C33H45N5O2S. The van der Waals surface area contributed by atoms with E-state index in [2.05, 4.69) is 63.6 Å². The second-order valence-corrected chi connectivity index (χ2v) is 13.0. The number of hydrogen-bond acceptors (Lipinski definition) is 7. The van der Waals surface area contributed by atoms with Crippen LogP contribution in [-0.4, -0.2) is 54.2 Å². The molecular weight excluding hydrogens is 530 g/mol. The van der Waals surface area contributed by atoms with Crippen molar-refractivity contribution in [2.75, 3.05) is 13.1 Å². The van der Waals surface area contributed by atoms with Crippen LogP contribution in [0.2, 0.25) is 0 Å². The zero-order valence-corrected chi connectivity index (χ0v) is 26.0. The molecule has 41 heavy (non-hydrogen) atoms. The molecule has 1 saturated heterocycles. The number of aryl methyl sites for hydroxylation is 1. The van der Waals surface area contributed by atoms with Gasteiger partial charge in [-0.2, -0.15) is 0 Å². The van der Waals surface area contributed by atoms with Crippen LogP contribution in [0.25, 0.3) is 0 Å². The predicted octanol–water partition coefficient (Wildman–Crippen LogP) is 5.23. The second kappa shape index (κ2) is 14.2. The number of nitrogens with one attached hydrogen (secondary N) is 3. The van der Waals surface area contributed by atoms with Crippen molar-refractivity contribution < 1.29 is 9.53 Å². The zero-order chi connectivity index (χ0) is 29.5. The third kappa shape index (κ3) is 8.71. The first-order valence-corrected chi connectivity index (χ1v) is 15.5. The highest BCUT2D eigenvalue weighted by Crippen LogP contribution is 2.29. The molecule has 1 fully saturated rings. The lowest BCUT2D eigenvalue weighted by Crippen LogP contribution is -2.39. The number of carbonyl (C=O) groups excluding carboxylic acids is 1. The second-order valence-electron chi connectivity index (χ2n) is 11.4. The number of amides is 1. The van der Waals surface area contributed by atoms with E-state index in [9.17, 15) is 4.79 Å². The van der Waals surface area contributed by atoms with Crippen molar-refractivity contribution in [2.45, 2.75) is 88.8 Å². The van der Waals surface area contributed by atoms with Gasteiger partial charge in [-0.1, -0.05) is 32.1 Å². The smallest absolute Gasteiger partial charge is 0.251 e. The average molecular weight is 576 g/mol. The number of nitrogens with two attached hydrogens (primary N) is 1. The molecule has 1 amide bonds. The standard InChI is InChI=1S/C33H45N5O2S/c1-20(2)41-32-15-26(14-21(3)24(32)6)33(39)37-19-28-16-31-25(18-36-28)11-13-30(38-31)29(34)9-7-8-27-12-10-22(4)40-23(5)17-35-27/h7-9,11,13-16,18,20,22-23,27,31,35-36H,10,12,17,19,34H2,1-6H3,(H,37,39)/b8-7-,29-9-. The fourth-order valence-corrected chi connectivity index (χ4v) is 6.05. The van der Waals surface area contributed by atoms with Crippen LogP contribution in [-0.2, 0) is 4.74 Å². The van der Waals surface area contributed by atoms with Crippen LogP contribution in [0.3, 0.4) is 0 Å². The van der Waals surface area contributed by atoms with Gasteiger partial charge < -0.3 is 26.4 Å².